The summed E-state index contributed by atoms with van der Waals surface area (Å²) >= 11 is 6.68. The van der Waals surface area contributed by atoms with Crippen LogP contribution in [0.2, 0.25) is 0 Å². The van der Waals surface area contributed by atoms with Crippen LogP contribution < -0.4 is 5.30 Å². The molecule has 1 unspecified atom stereocenters. The maximum atomic E-state index is 13.8. The highest BCUT2D eigenvalue weighted by Gasteiger charge is 2.37. The zero-order chi connectivity index (χ0) is 31.8. The SMILES string of the molecule is CC.C\C=C(/C=C\C(=C/C)N(C=O)CC1(COC)CCN(CC2=C/CCPc3cc(F)ccc3C/C(Cl)=C\2)CC1)C(=O)O. The number of methoxy groups -OCH3 is 1. The number of carboxylic acid groups (broad SMARTS) is 1. The lowest BCUT2D eigenvalue weighted by atomic mass is 9.78. The molecule has 6 nitrogen and oxygen atoms in total. The Hall–Kier alpha value is -2.57. The average Bonchev–Trinajstić information content (AvgIpc) is 3.00. The maximum absolute atomic E-state index is 13.8. The second-order valence-electron chi connectivity index (χ2n) is 10.6. The number of halogens is 2. The van der Waals surface area contributed by atoms with Crippen molar-refractivity contribution in [1.29, 1.82) is 0 Å². The van der Waals surface area contributed by atoms with E-state index in [-0.39, 0.29) is 16.8 Å². The number of carbonyl (C=O) groups excluding carboxylic acids is 1. The number of allylic oxidation sites excluding steroid dienone is 5. The summed E-state index contributed by atoms with van der Waals surface area (Å²) in [5.41, 5.74) is 2.88. The van der Waals surface area contributed by atoms with E-state index in [9.17, 15) is 19.1 Å². The van der Waals surface area contributed by atoms with Gasteiger partial charge in [-0.3, -0.25) is 9.69 Å². The molecule has 1 aromatic rings. The van der Waals surface area contributed by atoms with Gasteiger partial charge in [-0.05, 0) is 99.2 Å². The summed E-state index contributed by atoms with van der Waals surface area (Å²) in [5, 5.41) is 11.1. The molecule has 1 aromatic carbocycles. The minimum atomic E-state index is -1.01. The number of likely N-dealkylation sites (tertiary alicyclic amines) is 1. The van der Waals surface area contributed by atoms with Crippen molar-refractivity contribution >= 4 is 37.9 Å². The van der Waals surface area contributed by atoms with Crippen LogP contribution in [-0.4, -0.2) is 73.3 Å². The number of fused-ring (bicyclic) bond motifs is 1. The highest BCUT2D eigenvalue weighted by molar-refractivity contribution is 7.47. The van der Waals surface area contributed by atoms with Crippen LogP contribution in [0, 0.1) is 11.2 Å². The Balaban J connectivity index is 0.00000316. The minimum absolute atomic E-state index is 0.165. The van der Waals surface area contributed by atoms with Crippen molar-refractivity contribution in [2.75, 3.05) is 46.1 Å². The normalized spacial score (nSPS) is 21.1. The predicted molar refractivity (Wildman–Crippen MR) is 178 cm³/mol. The molecule has 1 fully saturated rings. The largest absolute Gasteiger partial charge is 0.478 e. The number of piperidine rings is 1. The molecule has 1 saturated heterocycles. The van der Waals surface area contributed by atoms with E-state index in [0.29, 0.717) is 33.9 Å². The fourth-order valence-electron chi connectivity index (χ4n) is 5.41. The third-order valence-corrected chi connectivity index (χ3v) is 9.29. The van der Waals surface area contributed by atoms with Crippen molar-refractivity contribution in [2.24, 2.45) is 5.41 Å². The van der Waals surface area contributed by atoms with Crippen LogP contribution in [-0.2, 0) is 20.7 Å². The van der Waals surface area contributed by atoms with Crippen LogP contribution in [0.5, 0.6) is 0 Å². The van der Waals surface area contributed by atoms with Gasteiger partial charge in [-0.25, -0.2) is 9.18 Å². The lowest BCUT2D eigenvalue weighted by molar-refractivity contribution is -0.132. The molecule has 2 aliphatic rings. The summed E-state index contributed by atoms with van der Waals surface area (Å²) < 4.78 is 19.4. The first-order chi connectivity index (χ1) is 20.7. The Morgan fingerprint density at radius 3 is 2.53 bits per heavy atom. The topological polar surface area (TPSA) is 70.1 Å². The molecular formula is C34H47ClFN2O4P. The molecule has 2 heterocycles. The molecule has 0 aliphatic carbocycles. The van der Waals surface area contributed by atoms with E-state index in [1.54, 1.807) is 31.1 Å². The highest BCUT2D eigenvalue weighted by atomic mass is 35.5. The number of carbonyl (C=O) groups is 2. The van der Waals surface area contributed by atoms with Gasteiger partial charge in [-0.2, -0.15) is 0 Å². The van der Waals surface area contributed by atoms with Gasteiger partial charge in [-0.1, -0.05) is 58.3 Å². The van der Waals surface area contributed by atoms with Gasteiger partial charge in [0.15, 0.2) is 0 Å². The van der Waals surface area contributed by atoms with Crippen LogP contribution in [0.4, 0.5) is 4.39 Å². The molecule has 1 N–H and O–H groups in total. The van der Waals surface area contributed by atoms with Gasteiger partial charge in [0.25, 0.3) is 0 Å². The van der Waals surface area contributed by atoms with Crippen molar-refractivity contribution in [1.82, 2.24) is 9.80 Å². The molecule has 3 rings (SSSR count). The quantitative estimate of drug-likeness (QED) is 0.125. The Labute approximate surface area is 263 Å². The monoisotopic (exact) mass is 632 g/mol. The van der Waals surface area contributed by atoms with E-state index in [2.05, 4.69) is 17.1 Å². The van der Waals surface area contributed by atoms with Gasteiger partial charge in [-0.15, -0.1) is 0 Å². The third-order valence-electron chi connectivity index (χ3n) is 7.67. The lowest BCUT2D eigenvalue weighted by Crippen LogP contribution is -2.48. The summed E-state index contributed by atoms with van der Waals surface area (Å²) in [6.07, 6.45) is 15.9. The van der Waals surface area contributed by atoms with E-state index in [1.807, 2.05) is 32.9 Å². The molecule has 0 saturated carbocycles. The first kappa shape index (κ1) is 36.6. The van der Waals surface area contributed by atoms with E-state index in [1.165, 1.54) is 23.8 Å². The molecule has 2 aliphatic heterocycles. The van der Waals surface area contributed by atoms with Gasteiger partial charge in [0.2, 0.25) is 6.41 Å². The summed E-state index contributed by atoms with van der Waals surface area (Å²) in [6.45, 7) is 11.0. The van der Waals surface area contributed by atoms with E-state index in [0.717, 1.165) is 67.4 Å². The molecule has 9 heteroatoms. The number of hydrogen-bond donors (Lipinski definition) is 1. The summed E-state index contributed by atoms with van der Waals surface area (Å²) in [6, 6.07) is 5.00. The molecule has 1 amide bonds. The van der Waals surface area contributed by atoms with Crippen molar-refractivity contribution in [3.63, 3.8) is 0 Å². The van der Waals surface area contributed by atoms with Crippen molar-refractivity contribution in [3.05, 3.63) is 87.9 Å². The van der Waals surface area contributed by atoms with Gasteiger partial charge in [0.05, 0.1) is 12.2 Å². The Morgan fingerprint density at radius 1 is 1.21 bits per heavy atom. The van der Waals surface area contributed by atoms with Crippen LogP contribution >= 0.6 is 20.2 Å². The van der Waals surface area contributed by atoms with Crippen LogP contribution in [0.1, 0.15) is 52.5 Å². The summed E-state index contributed by atoms with van der Waals surface area (Å²) in [7, 11) is 2.23. The van der Waals surface area contributed by atoms with Gasteiger partial charge < -0.3 is 14.7 Å². The Bertz CT molecular complexity index is 1230. The number of benzene rings is 1. The molecule has 0 bridgehead atoms. The maximum Gasteiger partial charge on any atom is 0.335 e. The number of ether oxygens (including phenoxy) is 1. The number of amides is 1. The Morgan fingerprint density at radius 2 is 1.93 bits per heavy atom. The van der Waals surface area contributed by atoms with Crippen molar-refractivity contribution < 1.29 is 23.8 Å². The summed E-state index contributed by atoms with van der Waals surface area (Å²) in [5.74, 6) is -1.21. The van der Waals surface area contributed by atoms with E-state index < -0.39 is 5.97 Å². The molecule has 236 valence electrons. The first-order valence-electron chi connectivity index (χ1n) is 15.0. The van der Waals surface area contributed by atoms with Gasteiger partial charge >= 0.3 is 5.97 Å². The van der Waals surface area contributed by atoms with E-state index >= 15 is 0 Å². The molecule has 0 aromatic heterocycles. The smallest absolute Gasteiger partial charge is 0.335 e. The Kier molecular flexibility index (Phi) is 16.1. The molecule has 0 radical (unpaired) electrons. The number of rotatable bonds is 11. The average molecular weight is 633 g/mol. The van der Waals surface area contributed by atoms with Gasteiger partial charge in [0.1, 0.15) is 5.82 Å². The fourth-order valence-corrected chi connectivity index (χ4v) is 6.89. The van der Waals surface area contributed by atoms with Gasteiger partial charge in [0, 0.05) is 42.8 Å². The van der Waals surface area contributed by atoms with Crippen molar-refractivity contribution in [2.45, 2.75) is 53.4 Å². The second kappa shape index (κ2) is 19.0. The molecule has 43 heavy (non-hydrogen) atoms. The number of hydrogen-bond acceptors (Lipinski definition) is 4. The van der Waals surface area contributed by atoms with E-state index in [4.69, 9.17) is 16.3 Å². The number of carboxylic acids is 1. The van der Waals surface area contributed by atoms with Crippen LogP contribution in [0.3, 0.4) is 0 Å². The summed E-state index contributed by atoms with van der Waals surface area (Å²) in [4.78, 5) is 27.6. The van der Waals surface area contributed by atoms with Crippen molar-refractivity contribution in [3.8, 4) is 0 Å². The van der Waals surface area contributed by atoms with Crippen LogP contribution in [0.15, 0.2) is 76.5 Å². The highest BCUT2D eigenvalue weighted by Crippen LogP contribution is 2.34. The first-order valence-corrected chi connectivity index (χ1v) is 16.6. The number of nitrogens with zero attached hydrogens (tertiary/aromatic N) is 2. The lowest BCUT2D eigenvalue weighted by Gasteiger charge is -2.43. The third kappa shape index (κ3) is 11.5. The molecule has 0 spiro atoms. The minimum Gasteiger partial charge on any atom is -0.478 e. The standard InChI is InChI=1S/C32H41ClFN2O4P.C2H6/c1-4-25(31(38)39)9-11-29(5-2)36(23-37)21-32(22-40-3)12-14-35(15-13-32)20-24-7-6-16-41-30-19-28(34)10-8-26(30)18-27(33)17-24;1-2/h4-5,7-11,17,19,23,41H,6,12-16,18,20-22H2,1-3H3,(H,38,39);1-2H3/b11-9-,24-7+,25-4+,27-17+,29-5+;. The molecule has 1 atom stereocenters. The fraction of sp³-hybridized carbons (Fsp3) is 0.471. The van der Waals surface area contributed by atoms with Crippen LogP contribution in [0.25, 0.3) is 0 Å². The second-order valence-corrected chi connectivity index (χ2v) is 12.5. The molecular weight excluding hydrogens is 586 g/mol. The zero-order valence-electron chi connectivity index (χ0n) is 26.2. The number of aliphatic carboxylic acids is 1. The zero-order valence-corrected chi connectivity index (χ0v) is 27.9. The predicted octanol–water partition coefficient (Wildman–Crippen LogP) is 6.83.